The third-order valence-electron chi connectivity index (χ3n) is 8.27. The number of carbonyl (C=O) groups excluding carboxylic acids is 1. The quantitative estimate of drug-likeness (QED) is 0.0240. The number of carbonyl (C=O) groups is 1. The Bertz CT molecular complexity index is 1190. The first-order valence-electron chi connectivity index (χ1n) is 21.2. The Morgan fingerprint density at radius 1 is 0.554 bits per heavy atom. The molecule has 320 valence electrons. The monoisotopic (exact) mass is 805 g/mol. The van der Waals surface area contributed by atoms with Crippen molar-refractivity contribution in [3.05, 3.63) is 97.2 Å². The van der Waals surface area contributed by atoms with E-state index >= 15 is 0 Å². The molecule has 0 aliphatic heterocycles. The number of hydrogen-bond acceptors (Lipinski definition) is 8. The van der Waals surface area contributed by atoms with E-state index in [1.165, 1.54) is 25.7 Å². The molecule has 9 nitrogen and oxygen atoms in total. The van der Waals surface area contributed by atoms with Gasteiger partial charge < -0.3 is 24.6 Å². The van der Waals surface area contributed by atoms with E-state index in [-0.39, 0.29) is 13.0 Å². The standard InChI is InChI=1S/C46H77O9P/c1-3-5-7-9-11-13-15-17-19-20-21-22-23-25-27-29-31-33-35-37-39-52-42-45(43-54-56(50,51)53-41-44(48)40-47)55-46(49)38-36-34-32-30-28-26-24-18-16-14-12-10-8-6-4-2/h5-8,11-14,17-19,21-22,24,28,30,44-45,47-48H,3-4,9-10,15-16,20,23,25-27,29,31-43H2,1-2H3,(H,50,51)/b7-5-,8-6-,13-11-,14-12-,19-17-,22-21-,24-18-,30-28-. The number of aliphatic hydroxyl groups is 2. The van der Waals surface area contributed by atoms with Crippen molar-refractivity contribution in [3.63, 3.8) is 0 Å². The molecule has 0 aromatic carbocycles. The zero-order valence-electron chi connectivity index (χ0n) is 34.8. The van der Waals surface area contributed by atoms with E-state index in [9.17, 15) is 19.4 Å². The highest BCUT2D eigenvalue weighted by Gasteiger charge is 2.26. The Morgan fingerprint density at radius 3 is 1.45 bits per heavy atom. The van der Waals surface area contributed by atoms with Gasteiger partial charge in [-0.05, 0) is 89.9 Å². The van der Waals surface area contributed by atoms with Gasteiger partial charge in [0.2, 0.25) is 0 Å². The van der Waals surface area contributed by atoms with Crippen molar-refractivity contribution in [2.45, 2.75) is 154 Å². The molecule has 0 saturated heterocycles. The highest BCUT2D eigenvalue weighted by atomic mass is 31.2. The molecule has 0 amide bonds. The summed E-state index contributed by atoms with van der Waals surface area (Å²) in [6.45, 7) is 3.17. The molecule has 0 bridgehead atoms. The topological polar surface area (TPSA) is 132 Å². The maximum atomic E-state index is 12.6. The summed E-state index contributed by atoms with van der Waals surface area (Å²) in [4.78, 5) is 22.5. The third kappa shape index (κ3) is 41.0. The minimum Gasteiger partial charge on any atom is -0.457 e. The summed E-state index contributed by atoms with van der Waals surface area (Å²) in [7, 11) is -4.54. The summed E-state index contributed by atoms with van der Waals surface area (Å²) in [5, 5.41) is 18.3. The maximum absolute atomic E-state index is 12.6. The molecule has 0 aliphatic carbocycles. The van der Waals surface area contributed by atoms with E-state index in [0.29, 0.717) is 13.0 Å². The van der Waals surface area contributed by atoms with E-state index in [1.807, 2.05) is 0 Å². The van der Waals surface area contributed by atoms with Crippen LogP contribution in [-0.2, 0) is 27.9 Å². The second-order valence-electron chi connectivity index (χ2n) is 13.6. The second kappa shape index (κ2) is 42.0. The van der Waals surface area contributed by atoms with Crippen LogP contribution >= 0.6 is 7.82 Å². The Morgan fingerprint density at radius 2 is 0.964 bits per heavy atom. The third-order valence-corrected chi connectivity index (χ3v) is 9.22. The van der Waals surface area contributed by atoms with Gasteiger partial charge in [-0.15, -0.1) is 0 Å². The van der Waals surface area contributed by atoms with Gasteiger partial charge >= 0.3 is 13.8 Å². The summed E-state index contributed by atoms with van der Waals surface area (Å²) >= 11 is 0. The van der Waals surface area contributed by atoms with E-state index < -0.39 is 45.8 Å². The lowest BCUT2D eigenvalue weighted by atomic mass is 10.1. The predicted molar refractivity (Wildman–Crippen MR) is 232 cm³/mol. The Hall–Kier alpha value is -2.62. The summed E-state index contributed by atoms with van der Waals surface area (Å²) in [5.74, 6) is -0.432. The Balaban J connectivity index is 4.28. The molecule has 0 spiro atoms. The number of esters is 1. The van der Waals surface area contributed by atoms with Crippen LogP contribution in [0.4, 0.5) is 0 Å². The van der Waals surface area contributed by atoms with Gasteiger partial charge in [0.25, 0.3) is 0 Å². The summed E-state index contributed by atoms with van der Waals surface area (Å²) < 4.78 is 33.3. The fourth-order valence-electron chi connectivity index (χ4n) is 5.10. The molecule has 0 rings (SSSR count). The van der Waals surface area contributed by atoms with Crippen LogP contribution in [0.15, 0.2) is 97.2 Å². The van der Waals surface area contributed by atoms with Gasteiger partial charge in [0.15, 0.2) is 0 Å². The SMILES string of the molecule is CC/C=C\C/C=C\C/C=C\C/C=C\CCCCCCCCCOCC(COP(=O)(O)OCC(O)CO)OC(=O)CCCC/C=C\C/C=C\C/C=C\C/C=C\CC. The lowest BCUT2D eigenvalue weighted by Gasteiger charge is -2.20. The molecule has 0 fully saturated rings. The van der Waals surface area contributed by atoms with Crippen molar-refractivity contribution in [2.75, 3.05) is 33.0 Å². The highest BCUT2D eigenvalue weighted by Crippen LogP contribution is 2.43. The van der Waals surface area contributed by atoms with Crippen LogP contribution in [-0.4, -0.2) is 66.3 Å². The Kier molecular flexibility index (Phi) is 40.0. The minimum atomic E-state index is -4.54. The van der Waals surface area contributed by atoms with Gasteiger partial charge in [-0.1, -0.05) is 143 Å². The van der Waals surface area contributed by atoms with Crippen LogP contribution in [0.25, 0.3) is 0 Å². The first-order chi connectivity index (χ1) is 27.3. The lowest BCUT2D eigenvalue weighted by molar-refractivity contribution is -0.154. The molecular weight excluding hydrogens is 727 g/mol. The molecule has 3 N–H and O–H groups in total. The Labute approximate surface area is 340 Å². The second-order valence-corrected chi connectivity index (χ2v) is 15.0. The van der Waals surface area contributed by atoms with Crippen LogP contribution in [0, 0.1) is 0 Å². The average molecular weight is 805 g/mol. The van der Waals surface area contributed by atoms with Gasteiger partial charge in [0.05, 0.1) is 26.4 Å². The number of unbranched alkanes of at least 4 members (excludes halogenated alkanes) is 9. The van der Waals surface area contributed by atoms with Crippen molar-refractivity contribution in [1.82, 2.24) is 0 Å². The van der Waals surface area contributed by atoms with Gasteiger partial charge in [0, 0.05) is 13.0 Å². The number of phosphoric acid groups is 1. The fourth-order valence-corrected chi connectivity index (χ4v) is 5.89. The number of aliphatic hydroxyl groups excluding tert-OH is 2. The fraction of sp³-hybridized carbons (Fsp3) is 0.630. The number of hydrogen-bond donors (Lipinski definition) is 3. The van der Waals surface area contributed by atoms with Crippen molar-refractivity contribution in [3.8, 4) is 0 Å². The highest BCUT2D eigenvalue weighted by molar-refractivity contribution is 7.47. The molecule has 0 aromatic rings. The molecule has 56 heavy (non-hydrogen) atoms. The summed E-state index contributed by atoms with van der Waals surface area (Å²) in [6.07, 6.45) is 52.3. The molecule has 3 atom stereocenters. The van der Waals surface area contributed by atoms with E-state index in [2.05, 4.69) is 111 Å². The molecule has 0 aromatic heterocycles. The smallest absolute Gasteiger partial charge is 0.457 e. The maximum Gasteiger partial charge on any atom is 0.472 e. The van der Waals surface area contributed by atoms with Crippen LogP contribution in [0.3, 0.4) is 0 Å². The van der Waals surface area contributed by atoms with Crippen LogP contribution in [0.5, 0.6) is 0 Å². The van der Waals surface area contributed by atoms with E-state index in [4.69, 9.17) is 23.6 Å². The van der Waals surface area contributed by atoms with E-state index in [1.54, 1.807) is 0 Å². The lowest BCUT2D eigenvalue weighted by Crippen LogP contribution is -2.29. The normalized spacial score (nSPS) is 15.0. The van der Waals surface area contributed by atoms with Gasteiger partial charge in [-0.2, -0.15) is 0 Å². The zero-order chi connectivity index (χ0) is 41.1. The molecule has 10 heteroatoms. The van der Waals surface area contributed by atoms with Crippen molar-refractivity contribution in [2.24, 2.45) is 0 Å². The van der Waals surface area contributed by atoms with Crippen molar-refractivity contribution in [1.29, 1.82) is 0 Å². The molecule has 3 unspecified atom stereocenters. The van der Waals surface area contributed by atoms with Crippen LogP contribution < -0.4 is 0 Å². The molecule has 0 aliphatic rings. The number of rotatable bonds is 39. The summed E-state index contributed by atoms with van der Waals surface area (Å²) in [5.41, 5.74) is 0. The number of ether oxygens (including phenoxy) is 2. The van der Waals surface area contributed by atoms with E-state index in [0.717, 1.165) is 89.9 Å². The minimum absolute atomic E-state index is 0.0181. The van der Waals surface area contributed by atoms with Gasteiger partial charge in [-0.3, -0.25) is 13.8 Å². The first kappa shape index (κ1) is 53.4. The number of phosphoric ester groups is 1. The molecular formula is C46H77O9P. The predicted octanol–water partition coefficient (Wildman–Crippen LogP) is 11.7. The summed E-state index contributed by atoms with van der Waals surface area (Å²) in [6, 6.07) is 0. The zero-order valence-corrected chi connectivity index (χ0v) is 35.7. The van der Waals surface area contributed by atoms with Crippen LogP contribution in [0.1, 0.15) is 142 Å². The van der Waals surface area contributed by atoms with Gasteiger partial charge in [0.1, 0.15) is 12.2 Å². The van der Waals surface area contributed by atoms with Crippen molar-refractivity contribution < 1.29 is 43.0 Å². The number of allylic oxidation sites excluding steroid dienone is 16. The van der Waals surface area contributed by atoms with Crippen LogP contribution in [0.2, 0.25) is 0 Å². The largest absolute Gasteiger partial charge is 0.472 e. The first-order valence-corrected chi connectivity index (χ1v) is 22.7. The average Bonchev–Trinajstić information content (AvgIpc) is 3.19. The molecule has 0 radical (unpaired) electrons. The van der Waals surface area contributed by atoms with Crippen molar-refractivity contribution >= 4 is 13.8 Å². The molecule has 0 saturated carbocycles. The molecule has 0 heterocycles. The van der Waals surface area contributed by atoms with Gasteiger partial charge in [-0.25, -0.2) is 4.57 Å².